The molecule has 0 amide bonds. The van der Waals surface area contributed by atoms with E-state index in [4.69, 9.17) is 0 Å². The van der Waals surface area contributed by atoms with Gasteiger partial charge in [-0.3, -0.25) is 0 Å². The van der Waals surface area contributed by atoms with Crippen LogP contribution in [-0.4, -0.2) is 41.9 Å². The third-order valence-electron chi connectivity index (χ3n) is 1.17. The lowest BCUT2D eigenvalue weighted by Crippen LogP contribution is -2.30. The van der Waals surface area contributed by atoms with E-state index in [0.29, 0.717) is 0 Å². The normalized spacial score (nSPS) is 11.9. The molecule has 66 valence electrons. The van der Waals surface area contributed by atoms with E-state index in [-0.39, 0.29) is 9.68 Å². The van der Waals surface area contributed by atoms with Gasteiger partial charge in [0.2, 0.25) is 0 Å². The first kappa shape index (κ1) is 10.7. The van der Waals surface area contributed by atoms with Crippen LogP contribution >= 0.6 is 0 Å². The summed E-state index contributed by atoms with van der Waals surface area (Å²) in [5.74, 6) is 0. The van der Waals surface area contributed by atoms with Gasteiger partial charge in [0.15, 0.2) is 0 Å². The second-order valence-electron chi connectivity index (χ2n) is 2.58. The molecule has 0 aliphatic carbocycles. The highest BCUT2D eigenvalue weighted by Gasteiger charge is 1.80. The fourth-order valence-electron chi connectivity index (χ4n) is 0.632. The Morgan fingerprint density at radius 3 is 2.73 bits per heavy atom. The van der Waals surface area contributed by atoms with Crippen LogP contribution in [0.25, 0.3) is 0 Å². The monoisotopic (exact) mass is 173 g/mol. The first-order chi connectivity index (χ1) is 5.27. The first-order valence-electron chi connectivity index (χ1n) is 4.02. The molecule has 3 nitrogen and oxygen atoms in total. The second-order valence-corrected chi connectivity index (χ2v) is 3.96. The summed E-state index contributed by atoms with van der Waals surface area (Å²) < 4.78 is 0. The number of hydrogen-bond acceptors (Lipinski definition) is 3. The van der Waals surface area contributed by atoms with Gasteiger partial charge in [0.1, 0.15) is 9.68 Å². The Morgan fingerprint density at radius 2 is 2.18 bits per heavy atom. The molecule has 0 saturated carbocycles. The van der Waals surface area contributed by atoms with Crippen molar-refractivity contribution < 1.29 is 0 Å². The van der Waals surface area contributed by atoms with Crippen LogP contribution in [0.3, 0.4) is 0 Å². The van der Waals surface area contributed by atoms with Crippen molar-refractivity contribution in [2.45, 2.75) is 6.92 Å². The van der Waals surface area contributed by atoms with Gasteiger partial charge in [-0.05, 0) is 12.7 Å². The highest BCUT2D eigenvalue weighted by Crippen LogP contribution is 1.72. The smallest absolute Gasteiger partial charge is 0.119 e. The van der Waals surface area contributed by atoms with Crippen molar-refractivity contribution >= 4 is 9.68 Å². The molecule has 0 aromatic rings. The summed E-state index contributed by atoms with van der Waals surface area (Å²) >= 11 is 0. The predicted octanol–water partition coefficient (Wildman–Crippen LogP) is -0.740. The molecule has 0 rings (SSSR count). The van der Waals surface area contributed by atoms with Gasteiger partial charge in [-0.2, -0.15) is 0 Å². The van der Waals surface area contributed by atoms with E-state index in [9.17, 15) is 0 Å². The van der Waals surface area contributed by atoms with Gasteiger partial charge in [-0.15, -0.1) is 0 Å². The van der Waals surface area contributed by atoms with Crippen LogP contribution in [0.15, 0.2) is 11.9 Å². The lowest BCUT2D eigenvalue weighted by atomic mass is 10.8. The Bertz CT molecular complexity index is 104. The van der Waals surface area contributed by atoms with Crippen molar-refractivity contribution in [1.82, 2.24) is 15.2 Å². The van der Waals surface area contributed by atoms with Crippen molar-refractivity contribution in [2.24, 2.45) is 0 Å². The molecule has 4 heteroatoms. The Hall–Kier alpha value is -0.323. The SMILES string of the molecule is CCNCN[SiH2]C=CN(C)C. The predicted molar refractivity (Wildman–Crippen MR) is 53.1 cm³/mol. The molecular formula is C7H19N3Si. The maximum absolute atomic E-state index is 3.36. The molecule has 0 aliphatic heterocycles. The molecule has 0 aromatic heterocycles. The van der Waals surface area contributed by atoms with Gasteiger partial charge in [0.05, 0.1) is 0 Å². The highest BCUT2D eigenvalue weighted by molar-refractivity contribution is 6.38. The van der Waals surface area contributed by atoms with Gasteiger partial charge in [0, 0.05) is 20.8 Å². The molecule has 0 bridgehead atoms. The molecule has 11 heavy (non-hydrogen) atoms. The number of nitrogens with one attached hydrogen (secondary N) is 2. The maximum atomic E-state index is 3.36. The van der Waals surface area contributed by atoms with Crippen LogP contribution in [0.2, 0.25) is 0 Å². The summed E-state index contributed by atoms with van der Waals surface area (Å²) in [6.07, 6.45) is 2.10. The summed E-state index contributed by atoms with van der Waals surface area (Å²) in [4.78, 5) is 5.41. The van der Waals surface area contributed by atoms with E-state index in [0.717, 1.165) is 13.2 Å². The molecule has 2 N–H and O–H groups in total. The molecule has 0 atom stereocenters. The van der Waals surface area contributed by atoms with Crippen LogP contribution in [0, 0.1) is 0 Å². The molecule has 0 radical (unpaired) electrons. The number of nitrogens with zero attached hydrogens (tertiary/aromatic N) is 1. The van der Waals surface area contributed by atoms with Crippen LogP contribution in [0.1, 0.15) is 6.92 Å². The van der Waals surface area contributed by atoms with E-state index in [1.54, 1.807) is 0 Å². The minimum atomic E-state index is -0.187. The van der Waals surface area contributed by atoms with E-state index < -0.39 is 0 Å². The molecular weight excluding hydrogens is 154 g/mol. The van der Waals surface area contributed by atoms with Crippen molar-refractivity contribution in [3.05, 3.63) is 11.9 Å². The van der Waals surface area contributed by atoms with E-state index in [1.807, 2.05) is 14.1 Å². The van der Waals surface area contributed by atoms with Crippen LogP contribution in [0.5, 0.6) is 0 Å². The minimum Gasteiger partial charge on any atom is -0.384 e. The fourth-order valence-corrected chi connectivity index (χ4v) is 1.65. The Kier molecular flexibility index (Phi) is 7.55. The van der Waals surface area contributed by atoms with Crippen LogP contribution in [0.4, 0.5) is 0 Å². The molecule has 0 saturated heterocycles. The fraction of sp³-hybridized carbons (Fsp3) is 0.714. The minimum absolute atomic E-state index is 0.187. The zero-order valence-corrected chi connectivity index (χ0v) is 9.14. The molecule has 0 aliphatic rings. The third kappa shape index (κ3) is 9.68. The summed E-state index contributed by atoms with van der Waals surface area (Å²) in [6.45, 7) is 4.10. The van der Waals surface area contributed by atoms with Gasteiger partial charge in [-0.1, -0.05) is 12.6 Å². The molecule has 0 unspecified atom stereocenters. The van der Waals surface area contributed by atoms with Gasteiger partial charge in [0.25, 0.3) is 0 Å². The largest absolute Gasteiger partial charge is 0.384 e. The highest BCUT2D eigenvalue weighted by atomic mass is 28.2. The maximum Gasteiger partial charge on any atom is 0.119 e. The molecule has 0 spiro atoms. The van der Waals surface area contributed by atoms with E-state index >= 15 is 0 Å². The Morgan fingerprint density at radius 1 is 1.45 bits per heavy atom. The van der Waals surface area contributed by atoms with E-state index in [1.165, 1.54) is 0 Å². The van der Waals surface area contributed by atoms with Gasteiger partial charge >= 0.3 is 0 Å². The first-order valence-corrected chi connectivity index (χ1v) is 5.54. The molecule has 0 aromatic carbocycles. The summed E-state index contributed by atoms with van der Waals surface area (Å²) in [5, 5.41) is 3.21. The van der Waals surface area contributed by atoms with Crippen LogP contribution < -0.4 is 10.3 Å². The zero-order valence-electron chi connectivity index (χ0n) is 7.72. The lowest BCUT2D eigenvalue weighted by Gasteiger charge is -2.04. The van der Waals surface area contributed by atoms with Crippen molar-refractivity contribution in [3.63, 3.8) is 0 Å². The van der Waals surface area contributed by atoms with Crippen molar-refractivity contribution in [2.75, 3.05) is 27.3 Å². The average Bonchev–Trinajstić information content (AvgIpc) is 1.96. The number of rotatable bonds is 6. The summed E-state index contributed by atoms with van der Waals surface area (Å²) in [6, 6.07) is 0. The van der Waals surface area contributed by atoms with E-state index in [2.05, 4.69) is 34.0 Å². The summed E-state index contributed by atoms with van der Waals surface area (Å²) in [5.41, 5.74) is 2.23. The molecule has 0 heterocycles. The Balaban J connectivity index is 3.01. The van der Waals surface area contributed by atoms with Crippen molar-refractivity contribution in [3.8, 4) is 0 Å². The van der Waals surface area contributed by atoms with Gasteiger partial charge in [-0.25, -0.2) is 0 Å². The quantitative estimate of drug-likeness (QED) is 0.315. The number of hydrogen-bond donors (Lipinski definition) is 2. The van der Waals surface area contributed by atoms with Gasteiger partial charge < -0.3 is 15.2 Å². The van der Waals surface area contributed by atoms with Crippen molar-refractivity contribution in [1.29, 1.82) is 0 Å². The average molecular weight is 173 g/mol. The standard InChI is InChI=1S/C7H19N3Si/c1-4-8-7-9-11-6-5-10(2)3/h5-6,8-9H,4,7,11H2,1-3H3. The zero-order chi connectivity index (χ0) is 8.53. The summed E-state index contributed by atoms with van der Waals surface area (Å²) in [7, 11) is 3.89. The second kappa shape index (κ2) is 7.78. The van der Waals surface area contributed by atoms with Crippen LogP contribution in [-0.2, 0) is 0 Å². The Labute approximate surface area is 71.8 Å². The molecule has 0 fully saturated rings. The lowest BCUT2D eigenvalue weighted by molar-refractivity contribution is 0.564. The topological polar surface area (TPSA) is 27.3 Å². The third-order valence-corrected chi connectivity index (χ3v) is 2.15.